The second-order valence-electron chi connectivity index (χ2n) is 7.94. The lowest BCUT2D eigenvalue weighted by Crippen LogP contribution is -2.18. The van der Waals surface area contributed by atoms with Crippen LogP contribution in [0.4, 0.5) is 5.82 Å². The molecule has 0 fully saturated rings. The highest BCUT2D eigenvalue weighted by Gasteiger charge is 2.26. The maximum absolute atomic E-state index is 13.7. The molecule has 0 bridgehead atoms. The summed E-state index contributed by atoms with van der Waals surface area (Å²) in [4.78, 5) is 17.4. The van der Waals surface area contributed by atoms with Crippen LogP contribution in [0, 0.1) is 0 Å². The first-order chi connectivity index (χ1) is 18.4. The molecule has 0 aliphatic rings. The van der Waals surface area contributed by atoms with E-state index in [1.165, 1.54) is 26.6 Å². The quantitative estimate of drug-likeness (QED) is 0.272. The van der Waals surface area contributed by atoms with Crippen LogP contribution in [0.2, 0.25) is 0 Å². The van der Waals surface area contributed by atoms with Gasteiger partial charge in [0, 0.05) is 12.4 Å². The van der Waals surface area contributed by atoms with E-state index in [0.29, 0.717) is 24.3 Å². The van der Waals surface area contributed by atoms with Crippen LogP contribution in [0.25, 0.3) is 17.7 Å². The highest BCUT2D eigenvalue weighted by atomic mass is 32.2. The van der Waals surface area contributed by atoms with Gasteiger partial charge in [-0.05, 0) is 36.3 Å². The van der Waals surface area contributed by atoms with Crippen LogP contribution < -0.4 is 18.9 Å². The number of methoxy groups -OCH3 is 2. The molecule has 4 aromatic rings. The number of allylic oxidation sites excluding steroid dienone is 1. The van der Waals surface area contributed by atoms with Gasteiger partial charge in [-0.2, -0.15) is 4.98 Å². The molecule has 4 rings (SSSR count). The van der Waals surface area contributed by atoms with E-state index in [2.05, 4.69) is 24.7 Å². The second kappa shape index (κ2) is 12.2. The highest BCUT2D eigenvalue weighted by molar-refractivity contribution is 7.96. The van der Waals surface area contributed by atoms with Crippen molar-refractivity contribution >= 4 is 21.9 Å². The van der Waals surface area contributed by atoms with Gasteiger partial charge in [0.15, 0.2) is 23.1 Å². The molecule has 2 aromatic carbocycles. The Morgan fingerprint density at radius 1 is 0.868 bits per heavy atom. The number of hydrogen-bond acceptors (Lipinski definition) is 9. The molecular weight excluding hydrogens is 506 g/mol. The number of ether oxygens (including phenoxy) is 3. The second-order valence-corrected chi connectivity index (χ2v) is 9.67. The Labute approximate surface area is 221 Å². The first kappa shape index (κ1) is 26.6. The van der Waals surface area contributed by atoms with Gasteiger partial charge >= 0.3 is 0 Å². The third-order valence-corrected chi connectivity index (χ3v) is 6.75. The topological polar surface area (TPSA) is 125 Å². The van der Waals surface area contributed by atoms with Crippen molar-refractivity contribution in [1.29, 1.82) is 0 Å². The number of sulfonamides is 1. The zero-order chi connectivity index (χ0) is 27.0. The molecule has 1 N–H and O–H groups in total. The van der Waals surface area contributed by atoms with Crippen LogP contribution in [0.15, 0.2) is 78.0 Å². The third-order valence-electron chi connectivity index (χ3n) is 5.27. The number of anilines is 1. The van der Waals surface area contributed by atoms with Gasteiger partial charge in [0.1, 0.15) is 0 Å². The van der Waals surface area contributed by atoms with Crippen LogP contribution in [0.3, 0.4) is 0 Å². The normalized spacial score (nSPS) is 11.6. The predicted octanol–water partition coefficient (Wildman–Crippen LogP) is 5.33. The number of nitrogens with zero attached hydrogens (tertiary/aromatic N) is 4. The van der Waals surface area contributed by atoms with Gasteiger partial charge in [0.2, 0.25) is 11.6 Å². The number of para-hydroxylation sites is 2. The zero-order valence-corrected chi connectivity index (χ0v) is 22.0. The van der Waals surface area contributed by atoms with E-state index in [9.17, 15) is 8.42 Å². The number of rotatable bonds is 11. The summed E-state index contributed by atoms with van der Waals surface area (Å²) in [6.07, 6.45) is 5.61. The van der Waals surface area contributed by atoms with Gasteiger partial charge in [-0.25, -0.2) is 23.4 Å². The number of hydrogen-bond donors (Lipinski definition) is 1. The molecule has 0 aliphatic heterocycles. The fraction of sp³-hybridized carbons (Fsp3) is 0.185. The summed E-state index contributed by atoms with van der Waals surface area (Å²) in [5, 5.41) is 0. The lowest BCUT2D eigenvalue weighted by atomic mass is 10.2. The summed E-state index contributed by atoms with van der Waals surface area (Å²) in [5.74, 6) is 0.774. The minimum atomic E-state index is -4.08. The van der Waals surface area contributed by atoms with Crippen molar-refractivity contribution in [1.82, 2.24) is 19.9 Å². The molecule has 2 heterocycles. The van der Waals surface area contributed by atoms with Crippen molar-refractivity contribution in [3.8, 4) is 34.8 Å². The molecule has 0 amide bonds. The first-order valence-corrected chi connectivity index (χ1v) is 13.3. The Hall–Kier alpha value is -4.51. The van der Waals surface area contributed by atoms with E-state index in [1.807, 2.05) is 37.3 Å². The minimum absolute atomic E-state index is 0.0184. The van der Waals surface area contributed by atoms with Gasteiger partial charge in [0.25, 0.3) is 15.9 Å². The lowest BCUT2D eigenvalue weighted by Gasteiger charge is -2.18. The predicted molar refractivity (Wildman–Crippen MR) is 145 cm³/mol. The average molecular weight is 534 g/mol. The summed E-state index contributed by atoms with van der Waals surface area (Å²) >= 11 is 0. The molecule has 0 radical (unpaired) electrons. The van der Waals surface area contributed by atoms with E-state index in [0.717, 1.165) is 5.56 Å². The molecule has 0 unspecified atom stereocenters. The van der Waals surface area contributed by atoms with Crippen molar-refractivity contribution in [2.75, 3.05) is 18.9 Å². The van der Waals surface area contributed by atoms with E-state index < -0.39 is 10.0 Å². The number of benzene rings is 2. The molecule has 0 atom stereocenters. The van der Waals surface area contributed by atoms with E-state index >= 15 is 0 Å². The lowest BCUT2D eigenvalue weighted by molar-refractivity contribution is 0.348. The van der Waals surface area contributed by atoms with Crippen molar-refractivity contribution in [2.24, 2.45) is 0 Å². The molecule has 0 saturated carbocycles. The molecule has 38 heavy (non-hydrogen) atoms. The summed E-state index contributed by atoms with van der Waals surface area (Å²) in [6, 6.07) is 17.8. The molecule has 0 saturated heterocycles. The summed E-state index contributed by atoms with van der Waals surface area (Å²) in [5.41, 5.74) is 0.755. The standard InChI is InChI=1S/C27H27N5O5S/c1-4-11-20(18-19-12-6-5-7-13-19)38(33,34)32-24-23(37-22-15-9-8-14-21(22)35-2)27(36-3)31-26(30-24)25-28-16-10-17-29-25/h5-10,12-18H,4,11H2,1-3H3,(H,30,31,32). The SMILES string of the molecule is CCCC(=Cc1ccccc1)S(=O)(=O)Nc1nc(-c2ncccn2)nc(OC)c1Oc1ccccc1OC. The minimum Gasteiger partial charge on any atom is -0.493 e. The Kier molecular flexibility index (Phi) is 8.49. The summed E-state index contributed by atoms with van der Waals surface area (Å²) < 4.78 is 46.9. The number of aromatic nitrogens is 4. The third kappa shape index (κ3) is 6.24. The molecular formula is C27H27N5O5S. The summed E-state index contributed by atoms with van der Waals surface area (Å²) in [7, 11) is -1.18. The number of nitrogens with one attached hydrogen (secondary N) is 1. The van der Waals surface area contributed by atoms with Gasteiger partial charge in [0.05, 0.1) is 19.1 Å². The van der Waals surface area contributed by atoms with Crippen molar-refractivity contribution < 1.29 is 22.6 Å². The fourth-order valence-electron chi connectivity index (χ4n) is 3.52. The Balaban J connectivity index is 1.85. The molecule has 2 aromatic heterocycles. The molecule has 10 nitrogen and oxygen atoms in total. The van der Waals surface area contributed by atoms with Gasteiger partial charge in [-0.3, -0.25) is 4.72 Å². The van der Waals surface area contributed by atoms with Gasteiger partial charge in [-0.1, -0.05) is 55.8 Å². The average Bonchev–Trinajstić information content (AvgIpc) is 2.94. The molecule has 0 aliphatic carbocycles. The van der Waals surface area contributed by atoms with E-state index in [1.54, 1.807) is 36.4 Å². The first-order valence-electron chi connectivity index (χ1n) is 11.8. The smallest absolute Gasteiger partial charge is 0.263 e. The molecule has 196 valence electrons. The molecule has 0 spiro atoms. The van der Waals surface area contributed by atoms with Crippen molar-refractivity contribution in [3.05, 3.63) is 83.5 Å². The Morgan fingerprint density at radius 2 is 1.55 bits per heavy atom. The maximum atomic E-state index is 13.7. The highest BCUT2D eigenvalue weighted by Crippen LogP contribution is 2.41. The van der Waals surface area contributed by atoms with Gasteiger partial charge < -0.3 is 14.2 Å². The van der Waals surface area contributed by atoms with E-state index in [4.69, 9.17) is 14.2 Å². The van der Waals surface area contributed by atoms with Crippen molar-refractivity contribution in [2.45, 2.75) is 19.8 Å². The van der Waals surface area contributed by atoms with Crippen LogP contribution >= 0.6 is 0 Å². The van der Waals surface area contributed by atoms with E-state index in [-0.39, 0.29) is 34.0 Å². The van der Waals surface area contributed by atoms with Crippen LogP contribution in [-0.2, 0) is 10.0 Å². The van der Waals surface area contributed by atoms with Crippen molar-refractivity contribution in [3.63, 3.8) is 0 Å². The van der Waals surface area contributed by atoms with Crippen LogP contribution in [-0.4, -0.2) is 42.6 Å². The Bertz CT molecular complexity index is 1510. The maximum Gasteiger partial charge on any atom is 0.263 e. The largest absolute Gasteiger partial charge is 0.493 e. The zero-order valence-electron chi connectivity index (χ0n) is 21.2. The monoisotopic (exact) mass is 533 g/mol. The molecule has 11 heteroatoms. The Morgan fingerprint density at radius 3 is 2.21 bits per heavy atom. The summed E-state index contributed by atoms with van der Waals surface area (Å²) in [6.45, 7) is 1.91. The fourth-order valence-corrected chi connectivity index (χ4v) is 4.80. The van der Waals surface area contributed by atoms with Gasteiger partial charge in [-0.15, -0.1) is 0 Å². The van der Waals surface area contributed by atoms with Crippen LogP contribution in [0.1, 0.15) is 25.3 Å². The van der Waals surface area contributed by atoms with Crippen LogP contribution in [0.5, 0.6) is 23.1 Å².